The van der Waals surface area contributed by atoms with Gasteiger partial charge in [-0.1, -0.05) is 60.2 Å². The first kappa shape index (κ1) is 13.8. The van der Waals surface area contributed by atoms with Crippen LogP contribution in [0.2, 0.25) is 0 Å². The quantitative estimate of drug-likeness (QED) is 0.810. The molecule has 1 saturated heterocycles. The Labute approximate surface area is 125 Å². The average molecular weight is 281 g/mol. The highest BCUT2D eigenvalue weighted by atomic mass is 16.5. The predicted octanol–water partition coefficient (Wildman–Crippen LogP) is 3.10. The van der Waals surface area contributed by atoms with E-state index in [-0.39, 0.29) is 12.0 Å². The Kier molecular flexibility index (Phi) is 4.02. The van der Waals surface area contributed by atoms with Crippen molar-refractivity contribution < 1.29 is 9.53 Å². The van der Waals surface area contributed by atoms with Crippen molar-refractivity contribution in [2.75, 3.05) is 13.2 Å². The SMILES string of the molecule is Cc1cccc(CN2CCOC(=O)[C@H]2c2ccccc2)c1. The number of benzene rings is 2. The van der Waals surface area contributed by atoms with Crippen molar-refractivity contribution in [2.24, 2.45) is 0 Å². The zero-order valence-corrected chi connectivity index (χ0v) is 12.2. The molecule has 1 aliphatic rings. The fourth-order valence-electron chi connectivity index (χ4n) is 2.82. The number of morpholine rings is 1. The predicted molar refractivity (Wildman–Crippen MR) is 81.7 cm³/mol. The normalized spacial score (nSPS) is 19.3. The van der Waals surface area contributed by atoms with Crippen LogP contribution in [-0.2, 0) is 16.1 Å². The van der Waals surface area contributed by atoms with Crippen molar-refractivity contribution >= 4 is 5.97 Å². The summed E-state index contributed by atoms with van der Waals surface area (Å²) in [6.07, 6.45) is 0. The standard InChI is InChI=1S/C18H19NO2/c1-14-6-5-7-15(12-14)13-19-10-11-21-18(20)17(19)16-8-3-2-4-9-16/h2-9,12,17H,10-11,13H2,1H3/t17-/m1/s1. The smallest absolute Gasteiger partial charge is 0.328 e. The summed E-state index contributed by atoms with van der Waals surface area (Å²) in [5.41, 5.74) is 3.46. The van der Waals surface area contributed by atoms with Gasteiger partial charge in [-0.25, -0.2) is 4.79 Å². The molecular formula is C18H19NO2. The Morgan fingerprint density at radius 3 is 2.71 bits per heavy atom. The summed E-state index contributed by atoms with van der Waals surface area (Å²) >= 11 is 0. The number of aryl methyl sites for hydroxylation is 1. The Hall–Kier alpha value is -2.13. The van der Waals surface area contributed by atoms with Crippen LogP contribution in [0.15, 0.2) is 54.6 Å². The summed E-state index contributed by atoms with van der Waals surface area (Å²) in [4.78, 5) is 14.4. The number of hydrogen-bond acceptors (Lipinski definition) is 3. The molecule has 1 atom stereocenters. The van der Waals surface area contributed by atoms with Gasteiger partial charge in [-0.05, 0) is 18.1 Å². The maximum absolute atomic E-state index is 12.2. The molecule has 3 nitrogen and oxygen atoms in total. The Balaban J connectivity index is 1.86. The molecule has 3 heteroatoms. The van der Waals surface area contributed by atoms with Crippen molar-refractivity contribution in [3.05, 3.63) is 71.3 Å². The van der Waals surface area contributed by atoms with Crippen molar-refractivity contribution in [3.63, 3.8) is 0 Å². The van der Waals surface area contributed by atoms with Crippen LogP contribution in [0.3, 0.4) is 0 Å². The lowest BCUT2D eigenvalue weighted by molar-refractivity contribution is -0.158. The van der Waals surface area contributed by atoms with E-state index in [2.05, 4.69) is 36.1 Å². The molecule has 108 valence electrons. The van der Waals surface area contributed by atoms with Gasteiger partial charge in [0.15, 0.2) is 0 Å². The molecule has 0 saturated carbocycles. The van der Waals surface area contributed by atoms with Crippen LogP contribution in [0.5, 0.6) is 0 Å². The molecule has 0 aromatic heterocycles. The van der Waals surface area contributed by atoms with E-state index in [9.17, 15) is 4.79 Å². The van der Waals surface area contributed by atoms with E-state index in [0.717, 1.165) is 18.7 Å². The van der Waals surface area contributed by atoms with Gasteiger partial charge in [-0.15, -0.1) is 0 Å². The molecule has 2 aromatic rings. The van der Waals surface area contributed by atoms with Crippen LogP contribution in [-0.4, -0.2) is 24.0 Å². The maximum Gasteiger partial charge on any atom is 0.328 e. The summed E-state index contributed by atoms with van der Waals surface area (Å²) in [5, 5.41) is 0. The van der Waals surface area contributed by atoms with E-state index in [1.54, 1.807) is 0 Å². The first-order valence-electron chi connectivity index (χ1n) is 7.25. The van der Waals surface area contributed by atoms with Gasteiger partial charge in [-0.2, -0.15) is 0 Å². The van der Waals surface area contributed by atoms with Crippen LogP contribution < -0.4 is 0 Å². The third-order valence-corrected chi connectivity index (χ3v) is 3.79. The molecule has 1 aliphatic heterocycles. The van der Waals surface area contributed by atoms with Gasteiger partial charge in [0, 0.05) is 13.1 Å². The Morgan fingerprint density at radius 2 is 1.95 bits per heavy atom. The highest BCUT2D eigenvalue weighted by molar-refractivity contribution is 5.78. The molecule has 2 aromatic carbocycles. The van der Waals surface area contributed by atoms with Gasteiger partial charge in [0.2, 0.25) is 0 Å². The minimum Gasteiger partial charge on any atom is -0.463 e. The van der Waals surface area contributed by atoms with Gasteiger partial charge >= 0.3 is 5.97 Å². The Morgan fingerprint density at radius 1 is 1.14 bits per heavy atom. The highest BCUT2D eigenvalue weighted by Gasteiger charge is 2.32. The van der Waals surface area contributed by atoms with Crippen LogP contribution in [0.25, 0.3) is 0 Å². The lowest BCUT2D eigenvalue weighted by atomic mass is 10.0. The lowest BCUT2D eigenvalue weighted by Gasteiger charge is -2.34. The number of rotatable bonds is 3. The molecule has 1 fully saturated rings. The fraction of sp³-hybridized carbons (Fsp3) is 0.278. The topological polar surface area (TPSA) is 29.5 Å². The summed E-state index contributed by atoms with van der Waals surface area (Å²) < 4.78 is 5.26. The van der Waals surface area contributed by atoms with E-state index in [0.29, 0.717) is 6.61 Å². The van der Waals surface area contributed by atoms with E-state index < -0.39 is 0 Å². The maximum atomic E-state index is 12.2. The molecule has 0 amide bonds. The summed E-state index contributed by atoms with van der Waals surface area (Å²) in [5.74, 6) is -0.153. The Bertz CT molecular complexity index is 624. The average Bonchev–Trinajstić information content (AvgIpc) is 2.48. The number of hydrogen-bond donors (Lipinski definition) is 0. The van der Waals surface area contributed by atoms with E-state index in [1.165, 1.54) is 11.1 Å². The van der Waals surface area contributed by atoms with Crippen LogP contribution in [0, 0.1) is 6.92 Å². The van der Waals surface area contributed by atoms with Crippen molar-refractivity contribution in [1.82, 2.24) is 4.90 Å². The fourth-order valence-corrected chi connectivity index (χ4v) is 2.82. The second-order valence-electron chi connectivity index (χ2n) is 5.44. The van der Waals surface area contributed by atoms with Gasteiger partial charge in [0.05, 0.1) is 0 Å². The molecule has 0 aliphatic carbocycles. The van der Waals surface area contributed by atoms with Crippen molar-refractivity contribution in [1.29, 1.82) is 0 Å². The molecular weight excluding hydrogens is 262 g/mol. The number of nitrogens with zero attached hydrogens (tertiary/aromatic N) is 1. The van der Waals surface area contributed by atoms with Crippen LogP contribution >= 0.6 is 0 Å². The first-order chi connectivity index (χ1) is 10.2. The number of cyclic esters (lactones) is 1. The molecule has 0 spiro atoms. The molecule has 21 heavy (non-hydrogen) atoms. The van der Waals surface area contributed by atoms with Gasteiger partial charge in [0.25, 0.3) is 0 Å². The zero-order valence-electron chi connectivity index (χ0n) is 12.2. The van der Waals surface area contributed by atoms with Crippen LogP contribution in [0.1, 0.15) is 22.7 Å². The van der Waals surface area contributed by atoms with E-state index in [4.69, 9.17) is 4.74 Å². The molecule has 1 heterocycles. The molecule has 0 unspecified atom stereocenters. The van der Waals surface area contributed by atoms with Crippen LogP contribution in [0.4, 0.5) is 0 Å². The van der Waals surface area contributed by atoms with E-state index in [1.807, 2.05) is 30.3 Å². The minimum atomic E-state index is -0.305. The summed E-state index contributed by atoms with van der Waals surface area (Å²) in [7, 11) is 0. The summed E-state index contributed by atoms with van der Waals surface area (Å²) in [6, 6.07) is 18.0. The molecule has 3 rings (SSSR count). The van der Waals surface area contributed by atoms with Gasteiger partial charge < -0.3 is 4.74 Å². The van der Waals surface area contributed by atoms with E-state index >= 15 is 0 Å². The molecule has 0 bridgehead atoms. The third kappa shape index (κ3) is 3.14. The number of carbonyl (C=O) groups is 1. The second-order valence-corrected chi connectivity index (χ2v) is 5.44. The number of ether oxygens (including phenoxy) is 1. The minimum absolute atomic E-state index is 0.153. The summed E-state index contributed by atoms with van der Waals surface area (Å²) in [6.45, 7) is 4.08. The molecule has 0 N–H and O–H groups in total. The second kappa shape index (κ2) is 6.10. The molecule has 0 radical (unpaired) electrons. The monoisotopic (exact) mass is 281 g/mol. The van der Waals surface area contributed by atoms with Gasteiger partial charge in [0.1, 0.15) is 12.6 Å². The van der Waals surface area contributed by atoms with Crippen molar-refractivity contribution in [2.45, 2.75) is 19.5 Å². The third-order valence-electron chi connectivity index (χ3n) is 3.79. The largest absolute Gasteiger partial charge is 0.463 e. The number of esters is 1. The number of carbonyl (C=O) groups excluding carboxylic acids is 1. The van der Waals surface area contributed by atoms with Gasteiger partial charge in [-0.3, -0.25) is 4.90 Å². The first-order valence-corrected chi connectivity index (χ1v) is 7.25. The lowest BCUT2D eigenvalue weighted by Crippen LogP contribution is -2.42. The van der Waals surface area contributed by atoms with Crippen molar-refractivity contribution in [3.8, 4) is 0 Å². The highest BCUT2D eigenvalue weighted by Crippen LogP contribution is 2.27. The zero-order chi connectivity index (χ0) is 14.7.